The van der Waals surface area contributed by atoms with E-state index in [-0.39, 0.29) is 6.10 Å². The zero-order chi connectivity index (χ0) is 10.8. The van der Waals surface area contributed by atoms with E-state index >= 15 is 0 Å². The molecule has 15 heavy (non-hydrogen) atoms. The van der Waals surface area contributed by atoms with Gasteiger partial charge in [0.2, 0.25) is 5.88 Å². The molecule has 82 valence electrons. The van der Waals surface area contributed by atoms with Crippen LogP contribution in [0.4, 0.5) is 4.79 Å². The van der Waals surface area contributed by atoms with Gasteiger partial charge in [0.25, 0.3) is 0 Å². The number of nitrogens with zero attached hydrogens (tertiary/aromatic N) is 2. The van der Waals surface area contributed by atoms with Gasteiger partial charge < -0.3 is 14.8 Å². The van der Waals surface area contributed by atoms with Crippen LogP contribution in [-0.2, 0) is 11.3 Å². The monoisotopic (exact) mass is 275 g/mol. The molecular weight excluding hydrogens is 266 g/mol. The molecule has 0 radical (unpaired) electrons. The van der Waals surface area contributed by atoms with Crippen LogP contribution in [0.2, 0.25) is 0 Å². The van der Waals surface area contributed by atoms with Crippen molar-refractivity contribution in [2.45, 2.75) is 12.6 Å². The second kappa shape index (κ2) is 4.09. The van der Waals surface area contributed by atoms with Gasteiger partial charge in [-0.15, -0.1) is 0 Å². The molecule has 1 amide bonds. The second-order valence-electron chi connectivity index (χ2n) is 3.07. The van der Waals surface area contributed by atoms with Crippen molar-refractivity contribution in [3.63, 3.8) is 0 Å². The first-order valence-electron chi connectivity index (χ1n) is 4.43. The smallest absolute Gasteiger partial charge is 0.407 e. The minimum Gasteiger partial charge on any atom is -0.473 e. The Hall–Kier alpha value is -1.24. The van der Waals surface area contributed by atoms with E-state index < -0.39 is 6.09 Å². The van der Waals surface area contributed by atoms with E-state index in [1.807, 2.05) is 0 Å². The molecule has 1 aliphatic heterocycles. The molecule has 0 bridgehead atoms. The fourth-order valence-corrected chi connectivity index (χ4v) is 1.73. The lowest BCUT2D eigenvalue weighted by molar-refractivity contribution is 0.0311. The molecule has 0 saturated heterocycles. The Balaban J connectivity index is 2.03. The number of fused-ring (bicyclic) bond motifs is 1. The van der Waals surface area contributed by atoms with Crippen LogP contribution >= 0.6 is 15.9 Å². The van der Waals surface area contributed by atoms with Crippen molar-refractivity contribution in [1.82, 2.24) is 15.1 Å². The van der Waals surface area contributed by atoms with Crippen LogP contribution in [0.3, 0.4) is 0 Å². The third kappa shape index (κ3) is 2.06. The average Bonchev–Trinajstić information content (AvgIpc) is 2.60. The number of halogens is 1. The summed E-state index contributed by atoms with van der Waals surface area (Å²) in [5, 5.41) is 6.46. The molecule has 0 spiro atoms. The molecule has 1 aliphatic rings. The highest BCUT2D eigenvalue weighted by Crippen LogP contribution is 2.27. The first kappa shape index (κ1) is 10.3. The molecule has 1 unspecified atom stereocenters. The standard InChI is InChI=1S/C8H10BrN3O3/c1-10-8(13)15-5-3-12-7(14-4-5)6(9)2-11-12/h2,5H,3-4H2,1H3,(H,10,13). The van der Waals surface area contributed by atoms with Gasteiger partial charge in [0.15, 0.2) is 6.10 Å². The Bertz CT molecular complexity index is 379. The number of nitrogens with one attached hydrogen (secondary N) is 1. The molecule has 1 atom stereocenters. The average molecular weight is 276 g/mol. The zero-order valence-corrected chi connectivity index (χ0v) is 9.65. The van der Waals surface area contributed by atoms with E-state index in [2.05, 4.69) is 26.3 Å². The summed E-state index contributed by atoms with van der Waals surface area (Å²) in [5.74, 6) is 0.673. The van der Waals surface area contributed by atoms with E-state index in [0.29, 0.717) is 19.0 Å². The summed E-state index contributed by atoms with van der Waals surface area (Å²) in [7, 11) is 1.52. The molecule has 1 aromatic rings. The summed E-state index contributed by atoms with van der Waals surface area (Å²) in [5.41, 5.74) is 0. The highest BCUT2D eigenvalue weighted by molar-refractivity contribution is 9.10. The topological polar surface area (TPSA) is 65.4 Å². The van der Waals surface area contributed by atoms with Crippen LogP contribution < -0.4 is 10.1 Å². The Kier molecular flexibility index (Phi) is 2.81. The normalized spacial score (nSPS) is 18.9. The minimum absolute atomic E-state index is 0.302. The highest BCUT2D eigenvalue weighted by Gasteiger charge is 2.24. The Morgan fingerprint density at radius 2 is 2.67 bits per heavy atom. The maximum atomic E-state index is 11.0. The van der Waals surface area contributed by atoms with E-state index in [0.717, 1.165) is 4.47 Å². The largest absolute Gasteiger partial charge is 0.473 e. The maximum Gasteiger partial charge on any atom is 0.407 e. The lowest BCUT2D eigenvalue weighted by atomic mass is 10.3. The Labute approximate surface area is 94.7 Å². The summed E-state index contributed by atoms with van der Waals surface area (Å²) < 4.78 is 12.9. The van der Waals surface area contributed by atoms with Gasteiger partial charge in [0.05, 0.1) is 17.2 Å². The van der Waals surface area contributed by atoms with Gasteiger partial charge >= 0.3 is 6.09 Å². The van der Waals surface area contributed by atoms with Crippen LogP contribution in [0.25, 0.3) is 0 Å². The molecule has 6 nitrogen and oxygen atoms in total. The van der Waals surface area contributed by atoms with E-state index in [1.54, 1.807) is 10.9 Å². The number of aromatic nitrogens is 2. The van der Waals surface area contributed by atoms with Crippen molar-refractivity contribution in [2.24, 2.45) is 0 Å². The SMILES string of the molecule is CNC(=O)OC1COc2c(Br)cnn2C1. The number of hydrogen-bond acceptors (Lipinski definition) is 4. The fourth-order valence-electron chi connectivity index (χ4n) is 1.32. The van der Waals surface area contributed by atoms with Gasteiger partial charge in [-0.2, -0.15) is 5.10 Å². The quantitative estimate of drug-likeness (QED) is 0.822. The van der Waals surface area contributed by atoms with Crippen LogP contribution in [-0.4, -0.2) is 35.6 Å². The van der Waals surface area contributed by atoms with Crippen molar-refractivity contribution in [3.8, 4) is 5.88 Å². The lowest BCUT2D eigenvalue weighted by Crippen LogP contribution is -2.36. The summed E-state index contributed by atoms with van der Waals surface area (Å²) in [4.78, 5) is 11.0. The van der Waals surface area contributed by atoms with Gasteiger partial charge in [-0.1, -0.05) is 0 Å². The third-order valence-corrected chi connectivity index (χ3v) is 2.55. The molecule has 1 aromatic heterocycles. The summed E-state index contributed by atoms with van der Waals surface area (Å²) >= 11 is 3.31. The predicted molar refractivity (Wildman–Crippen MR) is 54.8 cm³/mol. The van der Waals surface area contributed by atoms with Crippen LogP contribution in [0.5, 0.6) is 5.88 Å². The van der Waals surface area contributed by atoms with Crippen LogP contribution in [0, 0.1) is 0 Å². The van der Waals surface area contributed by atoms with Gasteiger partial charge in [-0.25, -0.2) is 9.48 Å². The van der Waals surface area contributed by atoms with E-state index in [9.17, 15) is 4.79 Å². The van der Waals surface area contributed by atoms with E-state index in [1.165, 1.54) is 7.05 Å². The van der Waals surface area contributed by atoms with Crippen molar-refractivity contribution in [1.29, 1.82) is 0 Å². The summed E-state index contributed by atoms with van der Waals surface area (Å²) in [6, 6.07) is 0. The Morgan fingerprint density at radius 3 is 3.40 bits per heavy atom. The van der Waals surface area contributed by atoms with E-state index in [4.69, 9.17) is 9.47 Å². The number of ether oxygens (including phenoxy) is 2. The molecule has 0 saturated carbocycles. The highest BCUT2D eigenvalue weighted by atomic mass is 79.9. The summed E-state index contributed by atoms with van der Waals surface area (Å²) in [6.07, 6.45) is 0.889. The van der Waals surface area contributed by atoms with Crippen molar-refractivity contribution < 1.29 is 14.3 Å². The number of hydrogen-bond donors (Lipinski definition) is 1. The zero-order valence-electron chi connectivity index (χ0n) is 8.07. The van der Waals surface area contributed by atoms with Gasteiger partial charge in [-0.05, 0) is 15.9 Å². The number of alkyl carbamates (subject to hydrolysis) is 1. The molecule has 0 aliphatic carbocycles. The molecular formula is C8H10BrN3O3. The molecule has 7 heteroatoms. The molecule has 1 N–H and O–H groups in total. The molecule has 2 heterocycles. The molecule has 0 fully saturated rings. The van der Waals surface area contributed by atoms with Crippen molar-refractivity contribution >= 4 is 22.0 Å². The van der Waals surface area contributed by atoms with Crippen molar-refractivity contribution in [3.05, 3.63) is 10.7 Å². The summed E-state index contributed by atoms with van der Waals surface area (Å²) in [6.45, 7) is 0.853. The molecule has 0 aromatic carbocycles. The second-order valence-corrected chi connectivity index (χ2v) is 3.92. The van der Waals surface area contributed by atoms with Crippen LogP contribution in [0.15, 0.2) is 10.7 Å². The Morgan fingerprint density at radius 1 is 1.87 bits per heavy atom. The van der Waals surface area contributed by atoms with Crippen molar-refractivity contribution in [2.75, 3.05) is 13.7 Å². The molecule has 2 rings (SSSR count). The van der Waals surface area contributed by atoms with Gasteiger partial charge in [-0.3, -0.25) is 0 Å². The van der Waals surface area contributed by atoms with Gasteiger partial charge in [0, 0.05) is 7.05 Å². The third-order valence-electron chi connectivity index (χ3n) is 2.01. The van der Waals surface area contributed by atoms with Crippen LogP contribution in [0.1, 0.15) is 0 Å². The lowest BCUT2D eigenvalue weighted by Gasteiger charge is -2.23. The number of rotatable bonds is 1. The number of carbonyl (C=O) groups is 1. The fraction of sp³-hybridized carbons (Fsp3) is 0.500. The first-order chi connectivity index (χ1) is 7.20. The maximum absolute atomic E-state index is 11.0. The number of amides is 1. The van der Waals surface area contributed by atoms with Gasteiger partial charge in [0.1, 0.15) is 6.61 Å². The predicted octanol–water partition coefficient (Wildman–Crippen LogP) is 0.763. The minimum atomic E-state index is -0.460. The first-order valence-corrected chi connectivity index (χ1v) is 5.22. The number of carbonyl (C=O) groups excluding carboxylic acids is 1.